The molecule has 1 atom stereocenters. The average molecular weight is 414 g/mol. The van der Waals surface area contributed by atoms with Crippen molar-refractivity contribution in [3.8, 4) is 17.0 Å². The Bertz CT molecular complexity index is 874. The third-order valence-corrected chi connectivity index (χ3v) is 3.95. The van der Waals surface area contributed by atoms with Crippen molar-refractivity contribution in [2.24, 2.45) is 5.92 Å². The van der Waals surface area contributed by atoms with E-state index >= 15 is 0 Å². The Morgan fingerprint density at radius 3 is 2.52 bits per heavy atom. The lowest BCUT2D eigenvalue weighted by Gasteiger charge is -2.33. The van der Waals surface area contributed by atoms with Gasteiger partial charge in [0.05, 0.1) is 11.2 Å². The second kappa shape index (κ2) is 8.62. The Balaban J connectivity index is 2.20. The summed E-state index contributed by atoms with van der Waals surface area (Å²) in [6.07, 6.45) is -4.83. The van der Waals surface area contributed by atoms with Crippen molar-refractivity contribution in [3.05, 3.63) is 42.1 Å². The second-order valence-electron chi connectivity index (χ2n) is 7.27. The van der Waals surface area contributed by atoms with Gasteiger partial charge in [-0.1, -0.05) is 13.8 Å². The standard InChI is InChI=1S/C19H21F4N3O3/c1-11(2)9-18(3,26-17(27)28)10-29-15-5-4-12(8-13(15)20)14-6-7-24-16(25-14)19(21,22)23/h4-8,11,26H,9-10H2,1-3H3,(H,27,28)/p-1. The number of amides is 1. The highest BCUT2D eigenvalue weighted by Crippen LogP contribution is 2.29. The van der Waals surface area contributed by atoms with Crippen molar-refractivity contribution in [2.45, 2.75) is 38.9 Å². The summed E-state index contributed by atoms with van der Waals surface area (Å²) in [6.45, 7) is 5.22. The zero-order chi connectivity index (χ0) is 21.8. The van der Waals surface area contributed by atoms with Gasteiger partial charge in [-0.2, -0.15) is 13.2 Å². The maximum atomic E-state index is 14.4. The minimum absolute atomic E-state index is 0.0963. The molecule has 0 fully saturated rings. The highest BCUT2D eigenvalue weighted by molar-refractivity contribution is 5.63. The van der Waals surface area contributed by atoms with Gasteiger partial charge in [-0.25, -0.2) is 14.4 Å². The summed E-state index contributed by atoms with van der Waals surface area (Å²) < 4.78 is 58.1. The fourth-order valence-corrected chi connectivity index (χ4v) is 2.96. The zero-order valence-corrected chi connectivity index (χ0v) is 16.0. The number of carbonyl (C=O) groups is 1. The van der Waals surface area contributed by atoms with Gasteiger partial charge in [0.15, 0.2) is 11.6 Å². The molecule has 0 aliphatic rings. The lowest BCUT2D eigenvalue weighted by atomic mass is 9.91. The molecule has 0 bridgehead atoms. The van der Waals surface area contributed by atoms with Gasteiger partial charge in [0.25, 0.3) is 0 Å². The molecule has 1 heterocycles. The predicted octanol–water partition coefficient (Wildman–Crippen LogP) is 3.42. The van der Waals surface area contributed by atoms with E-state index in [-0.39, 0.29) is 29.5 Å². The minimum atomic E-state index is -4.72. The molecule has 1 N–H and O–H groups in total. The molecule has 1 aromatic heterocycles. The Kier molecular flexibility index (Phi) is 6.66. The maximum absolute atomic E-state index is 14.4. The van der Waals surface area contributed by atoms with Crippen molar-refractivity contribution < 1.29 is 32.2 Å². The van der Waals surface area contributed by atoms with E-state index in [0.717, 1.165) is 12.3 Å². The third-order valence-electron chi connectivity index (χ3n) is 3.95. The van der Waals surface area contributed by atoms with Crippen molar-refractivity contribution in [3.63, 3.8) is 0 Å². The molecule has 10 heteroatoms. The summed E-state index contributed by atoms with van der Waals surface area (Å²) in [5, 5.41) is 13.2. The van der Waals surface area contributed by atoms with Crippen LogP contribution in [0.25, 0.3) is 11.3 Å². The fraction of sp³-hybridized carbons (Fsp3) is 0.421. The van der Waals surface area contributed by atoms with Crippen LogP contribution in [0.15, 0.2) is 30.5 Å². The summed E-state index contributed by atoms with van der Waals surface area (Å²) in [7, 11) is 0. The monoisotopic (exact) mass is 414 g/mol. The van der Waals surface area contributed by atoms with Crippen LogP contribution < -0.4 is 15.2 Å². The number of nitrogens with zero attached hydrogens (tertiary/aromatic N) is 2. The first-order valence-electron chi connectivity index (χ1n) is 8.72. The number of hydrogen-bond acceptors (Lipinski definition) is 5. The van der Waals surface area contributed by atoms with Gasteiger partial charge in [0.1, 0.15) is 12.7 Å². The molecule has 2 aromatic rings. The van der Waals surface area contributed by atoms with Crippen LogP contribution in [0.2, 0.25) is 0 Å². The summed E-state index contributed by atoms with van der Waals surface area (Å²) in [4.78, 5) is 17.5. The topological polar surface area (TPSA) is 87.2 Å². The van der Waals surface area contributed by atoms with Gasteiger partial charge >= 0.3 is 6.18 Å². The smallest absolute Gasteiger partial charge is 0.451 e. The van der Waals surface area contributed by atoms with Crippen molar-refractivity contribution in [2.75, 3.05) is 6.61 Å². The zero-order valence-electron chi connectivity index (χ0n) is 16.0. The number of rotatable bonds is 7. The van der Waals surface area contributed by atoms with E-state index in [4.69, 9.17) is 4.74 Å². The summed E-state index contributed by atoms with van der Waals surface area (Å²) in [5.74, 6) is -2.19. The largest absolute Gasteiger partial charge is 0.530 e. The molecule has 1 aromatic carbocycles. The average Bonchev–Trinajstić information content (AvgIpc) is 2.58. The molecule has 0 saturated heterocycles. The molecule has 0 aliphatic heterocycles. The number of alkyl halides is 3. The number of benzene rings is 1. The van der Waals surface area contributed by atoms with Crippen molar-refractivity contribution >= 4 is 6.09 Å². The van der Waals surface area contributed by atoms with Gasteiger partial charge in [-0.15, -0.1) is 0 Å². The van der Waals surface area contributed by atoms with Crippen molar-refractivity contribution in [1.82, 2.24) is 15.3 Å². The highest BCUT2D eigenvalue weighted by atomic mass is 19.4. The predicted molar refractivity (Wildman–Crippen MR) is 94.3 cm³/mol. The molecule has 2 rings (SSSR count). The molecule has 6 nitrogen and oxygen atoms in total. The highest BCUT2D eigenvalue weighted by Gasteiger charge is 2.34. The van der Waals surface area contributed by atoms with E-state index in [1.807, 2.05) is 13.8 Å². The van der Waals surface area contributed by atoms with Crippen LogP contribution in [0.5, 0.6) is 5.75 Å². The number of carboxylic acid groups (broad SMARTS) is 1. The Morgan fingerprint density at radius 2 is 1.97 bits per heavy atom. The van der Waals surface area contributed by atoms with E-state index in [1.54, 1.807) is 6.92 Å². The van der Waals surface area contributed by atoms with Gasteiger partial charge < -0.3 is 20.0 Å². The first-order valence-corrected chi connectivity index (χ1v) is 8.72. The van der Waals surface area contributed by atoms with E-state index in [1.165, 1.54) is 18.2 Å². The lowest BCUT2D eigenvalue weighted by molar-refractivity contribution is -0.253. The molecule has 0 saturated carbocycles. The molecule has 29 heavy (non-hydrogen) atoms. The van der Waals surface area contributed by atoms with Crippen LogP contribution in [0.1, 0.15) is 33.0 Å². The molecule has 158 valence electrons. The molecule has 0 spiro atoms. The second-order valence-corrected chi connectivity index (χ2v) is 7.27. The number of nitrogens with one attached hydrogen (secondary N) is 1. The molecule has 1 amide bonds. The van der Waals surface area contributed by atoms with E-state index in [0.29, 0.717) is 6.42 Å². The van der Waals surface area contributed by atoms with Gasteiger partial charge in [-0.3, -0.25) is 0 Å². The SMILES string of the molecule is CC(C)CC(C)(COc1ccc(-c2ccnc(C(F)(F)F)n2)cc1F)NC(=O)[O-]. The maximum Gasteiger partial charge on any atom is 0.451 e. The van der Waals surface area contributed by atoms with E-state index in [2.05, 4.69) is 15.3 Å². The Labute approximate surface area is 164 Å². The molecular formula is C19H20F4N3O3-. The number of hydrogen-bond donors (Lipinski definition) is 1. The summed E-state index contributed by atoms with van der Waals surface area (Å²) >= 11 is 0. The minimum Gasteiger partial charge on any atom is -0.530 e. The van der Waals surface area contributed by atoms with Crippen LogP contribution in [-0.2, 0) is 6.18 Å². The van der Waals surface area contributed by atoms with Gasteiger partial charge in [0.2, 0.25) is 5.82 Å². The van der Waals surface area contributed by atoms with Crippen LogP contribution in [-0.4, -0.2) is 28.2 Å². The van der Waals surface area contributed by atoms with Crippen LogP contribution >= 0.6 is 0 Å². The normalized spacial score (nSPS) is 13.8. The first kappa shape index (κ1) is 22.4. The lowest BCUT2D eigenvalue weighted by Crippen LogP contribution is -2.55. The molecule has 0 aliphatic carbocycles. The molecule has 1 unspecified atom stereocenters. The number of aromatic nitrogens is 2. The number of carbonyl (C=O) groups excluding carboxylic acids is 1. The summed E-state index contributed by atoms with van der Waals surface area (Å²) in [5.41, 5.74) is -0.992. The Morgan fingerprint density at radius 1 is 1.28 bits per heavy atom. The third kappa shape index (κ3) is 6.30. The van der Waals surface area contributed by atoms with Crippen LogP contribution in [0.4, 0.5) is 22.4 Å². The fourth-order valence-electron chi connectivity index (χ4n) is 2.96. The first-order chi connectivity index (χ1) is 13.4. The van der Waals surface area contributed by atoms with Crippen LogP contribution in [0.3, 0.4) is 0 Å². The van der Waals surface area contributed by atoms with E-state index < -0.39 is 29.5 Å². The van der Waals surface area contributed by atoms with Crippen LogP contribution in [0, 0.1) is 11.7 Å². The van der Waals surface area contributed by atoms with Crippen molar-refractivity contribution in [1.29, 1.82) is 0 Å². The van der Waals surface area contributed by atoms with Gasteiger partial charge in [-0.05, 0) is 43.5 Å². The Hall–Kier alpha value is -2.91. The molecule has 0 radical (unpaired) electrons. The quantitative estimate of drug-likeness (QED) is 0.702. The number of halogens is 4. The molecular weight excluding hydrogens is 394 g/mol. The summed E-state index contributed by atoms with van der Waals surface area (Å²) in [6, 6.07) is 4.82. The number of ether oxygens (including phenoxy) is 1. The van der Waals surface area contributed by atoms with Gasteiger partial charge in [0, 0.05) is 11.8 Å². The van der Waals surface area contributed by atoms with E-state index in [9.17, 15) is 27.5 Å².